The highest BCUT2D eigenvalue weighted by Gasteiger charge is 2.34. The van der Waals surface area contributed by atoms with Gasteiger partial charge >= 0.3 is 5.97 Å². The summed E-state index contributed by atoms with van der Waals surface area (Å²) in [5, 5.41) is 53.9. The third kappa shape index (κ3) is 4.17. The van der Waals surface area contributed by atoms with Crippen molar-refractivity contribution in [1.29, 1.82) is 5.41 Å². The van der Waals surface area contributed by atoms with Crippen molar-refractivity contribution in [2.75, 3.05) is 0 Å². The molecule has 0 bridgehead atoms. The number of aliphatic hydroxyl groups is 2. The van der Waals surface area contributed by atoms with Crippen LogP contribution in [0.3, 0.4) is 0 Å². The van der Waals surface area contributed by atoms with E-state index < -0.39 is 11.9 Å². The maximum absolute atomic E-state index is 12.5. The molecule has 1 aromatic rings. The van der Waals surface area contributed by atoms with Gasteiger partial charge in [0.15, 0.2) is 5.82 Å². The van der Waals surface area contributed by atoms with Gasteiger partial charge in [-0.2, -0.15) is 0 Å². The highest BCUT2D eigenvalue weighted by Crippen LogP contribution is 2.39. The molecular weight excluding hydrogens is 390 g/mol. The predicted octanol–water partition coefficient (Wildman–Crippen LogP) is 2.60. The number of hydrogen-bond donors (Lipinski definition) is 6. The zero-order chi connectivity index (χ0) is 22.0. The van der Waals surface area contributed by atoms with E-state index in [1.807, 2.05) is 0 Å². The van der Waals surface area contributed by atoms with Crippen molar-refractivity contribution in [1.82, 2.24) is 0 Å². The van der Waals surface area contributed by atoms with Gasteiger partial charge in [-0.25, -0.2) is 0 Å². The summed E-state index contributed by atoms with van der Waals surface area (Å²) in [6.45, 7) is 0. The van der Waals surface area contributed by atoms with Crippen molar-refractivity contribution in [2.24, 2.45) is 22.5 Å². The molecule has 30 heavy (non-hydrogen) atoms. The van der Waals surface area contributed by atoms with E-state index in [1.54, 1.807) is 24.3 Å². The van der Waals surface area contributed by atoms with E-state index in [1.165, 1.54) is 12.2 Å². The number of carbonyl (C=O) groups is 1. The normalized spacial score (nSPS) is 20.4. The molecule has 8 N–H and O–H groups in total. The number of aliphatic carboxylic acids is 1. The third-order valence-corrected chi connectivity index (χ3v) is 4.85. The summed E-state index contributed by atoms with van der Waals surface area (Å²) < 4.78 is 0. The minimum atomic E-state index is -1.02. The molecule has 0 fully saturated rings. The van der Waals surface area contributed by atoms with Gasteiger partial charge in [0.2, 0.25) is 0 Å². The number of nitrogen functional groups attached to an aromatic ring is 1. The number of azo groups is 1. The number of allylic oxidation sites excluding steroid dienone is 4. The van der Waals surface area contributed by atoms with E-state index in [-0.39, 0.29) is 64.1 Å². The summed E-state index contributed by atoms with van der Waals surface area (Å²) >= 11 is 0. The fourth-order valence-electron chi connectivity index (χ4n) is 3.41. The molecule has 0 saturated carbocycles. The molecule has 10 nitrogen and oxygen atoms in total. The molecule has 1 aliphatic carbocycles. The van der Waals surface area contributed by atoms with Crippen molar-refractivity contribution < 1.29 is 25.0 Å². The summed E-state index contributed by atoms with van der Waals surface area (Å²) in [5.74, 6) is -2.18. The second kappa shape index (κ2) is 8.11. The Hall–Kier alpha value is -4.08. The highest BCUT2D eigenvalue weighted by atomic mass is 16.5. The number of hydroxylamine groups is 1. The Labute approximate surface area is 171 Å². The number of carboxylic acid groups (broad SMARTS) is 1. The van der Waals surface area contributed by atoms with Crippen LogP contribution >= 0.6 is 0 Å². The molecule has 2 aliphatic rings. The van der Waals surface area contributed by atoms with E-state index in [0.717, 1.165) is 0 Å². The second-order valence-corrected chi connectivity index (χ2v) is 6.93. The van der Waals surface area contributed by atoms with E-state index in [9.17, 15) is 20.2 Å². The molecular formula is C20H21N5O5. The highest BCUT2D eigenvalue weighted by molar-refractivity contribution is 5.95. The number of fused-ring (bicyclic) bond motifs is 1. The monoisotopic (exact) mass is 411 g/mol. The lowest BCUT2D eigenvalue weighted by Gasteiger charge is -2.21. The van der Waals surface area contributed by atoms with Crippen LogP contribution in [0.25, 0.3) is 5.76 Å². The van der Waals surface area contributed by atoms with Crippen LogP contribution in [0, 0.1) is 16.5 Å². The molecule has 156 valence electrons. The van der Waals surface area contributed by atoms with E-state index in [2.05, 4.69) is 5.11 Å². The lowest BCUT2D eigenvalue weighted by molar-refractivity contribution is -0.472. The number of nitrogens with one attached hydrogen (secondary N) is 1. The van der Waals surface area contributed by atoms with Gasteiger partial charge in [-0.05, 0) is 17.4 Å². The maximum atomic E-state index is 12.5. The Balaban J connectivity index is 2.04. The first kappa shape index (κ1) is 20.6. The number of benzene rings is 1. The minimum Gasteiger partial charge on any atom is -0.594 e. The Bertz CT molecular complexity index is 1060. The number of nitrogens with two attached hydrogens (primary N) is 2. The zero-order valence-electron chi connectivity index (χ0n) is 15.9. The van der Waals surface area contributed by atoms with Crippen molar-refractivity contribution in [3.8, 4) is 0 Å². The average molecular weight is 411 g/mol. The van der Waals surface area contributed by atoms with Gasteiger partial charge in [-0.15, -0.1) is 0 Å². The minimum absolute atomic E-state index is 0.0206. The van der Waals surface area contributed by atoms with Gasteiger partial charge in [0.1, 0.15) is 17.4 Å². The zero-order valence-corrected chi connectivity index (χ0v) is 15.9. The quantitative estimate of drug-likeness (QED) is 0.141. The number of nitrogens with zero attached hydrogens (tertiary/aromatic N) is 2. The fraction of sp³-hybridized carbons (Fsp3) is 0.200. The van der Waals surface area contributed by atoms with E-state index in [0.29, 0.717) is 11.1 Å². The maximum Gasteiger partial charge on any atom is 0.303 e. The number of rotatable bonds is 5. The molecule has 0 amide bonds. The Morgan fingerprint density at radius 1 is 1.27 bits per heavy atom. The van der Waals surface area contributed by atoms with Crippen LogP contribution in [0.4, 0.5) is 0 Å². The van der Waals surface area contributed by atoms with Crippen LogP contribution in [0.15, 0.2) is 70.0 Å². The standard InChI is InChI=1S/C20H21N5O5/c21-16-9-12(5-6-17(27)28)18-14(25(30)24-16)7-13(8-15(18)26)19(29)10-1-3-11(4-2-10)20(22)23/h1-4,7,9,12,26,29H,5-6,8,21H2,(H3,22,23)(H,27,28). The molecule has 3 rings (SSSR count). The molecule has 0 saturated heterocycles. The number of aliphatic hydroxyl groups excluding tert-OH is 2. The van der Waals surface area contributed by atoms with Gasteiger partial charge in [0.25, 0.3) is 5.70 Å². The van der Waals surface area contributed by atoms with Gasteiger partial charge in [0.05, 0.1) is 5.57 Å². The molecule has 0 aromatic heterocycles. The van der Waals surface area contributed by atoms with Gasteiger partial charge in [-0.1, -0.05) is 24.3 Å². The molecule has 1 unspecified atom stereocenters. The van der Waals surface area contributed by atoms with Crippen molar-refractivity contribution >= 4 is 17.6 Å². The summed E-state index contributed by atoms with van der Waals surface area (Å²) in [6, 6.07) is 6.27. The van der Waals surface area contributed by atoms with Crippen LogP contribution in [0.1, 0.15) is 30.4 Å². The molecule has 1 aromatic carbocycles. The first-order valence-corrected chi connectivity index (χ1v) is 9.06. The summed E-state index contributed by atoms with van der Waals surface area (Å²) in [7, 11) is 0. The molecule has 1 heterocycles. The molecule has 10 heteroatoms. The number of amidine groups is 1. The molecule has 1 atom stereocenters. The van der Waals surface area contributed by atoms with Gasteiger partial charge < -0.3 is 32.0 Å². The molecule has 0 spiro atoms. The summed E-state index contributed by atoms with van der Waals surface area (Å²) in [5.41, 5.74) is 12.5. The van der Waals surface area contributed by atoms with Crippen LogP contribution in [-0.2, 0) is 4.79 Å². The van der Waals surface area contributed by atoms with Gasteiger partial charge in [0, 0.05) is 46.6 Å². The summed E-state index contributed by atoms with van der Waals surface area (Å²) in [6.07, 6.45) is 2.71. The topological polar surface area (TPSA) is 192 Å². The van der Waals surface area contributed by atoms with E-state index >= 15 is 0 Å². The van der Waals surface area contributed by atoms with Crippen LogP contribution in [0.5, 0.6) is 0 Å². The first-order valence-electron chi connectivity index (χ1n) is 9.06. The fourth-order valence-corrected chi connectivity index (χ4v) is 3.41. The number of hydrogen-bond acceptors (Lipinski definition) is 7. The number of carboxylic acids is 1. The van der Waals surface area contributed by atoms with Crippen molar-refractivity contribution in [2.45, 2.75) is 19.3 Å². The van der Waals surface area contributed by atoms with Crippen molar-refractivity contribution in [3.05, 3.63) is 81.2 Å². The molecule has 0 radical (unpaired) electrons. The average Bonchev–Trinajstić information content (AvgIpc) is 2.81. The lowest BCUT2D eigenvalue weighted by Crippen LogP contribution is -2.17. The van der Waals surface area contributed by atoms with Gasteiger partial charge in [-0.3, -0.25) is 10.2 Å². The summed E-state index contributed by atoms with van der Waals surface area (Å²) in [4.78, 5) is 11.2. The van der Waals surface area contributed by atoms with Crippen LogP contribution in [0.2, 0.25) is 0 Å². The lowest BCUT2D eigenvalue weighted by atomic mass is 9.85. The van der Waals surface area contributed by atoms with Crippen LogP contribution < -0.4 is 11.5 Å². The Morgan fingerprint density at radius 3 is 2.50 bits per heavy atom. The molecule has 1 aliphatic heterocycles. The van der Waals surface area contributed by atoms with Crippen LogP contribution in [-0.4, -0.2) is 32.0 Å². The Morgan fingerprint density at radius 2 is 1.90 bits per heavy atom. The largest absolute Gasteiger partial charge is 0.594 e. The van der Waals surface area contributed by atoms with Crippen molar-refractivity contribution in [3.63, 3.8) is 0 Å². The SMILES string of the molecule is N=C(N)c1ccc(C(O)=C2C=C3C(=C(O)C2)C(CCC(=O)O)C=C(N)N=[N+]3[O-])cc1. The Kier molecular flexibility index (Phi) is 5.58. The van der Waals surface area contributed by atoms with E-state index in [4.69, 9.17) is 22.0 Å². The third-order valence-electron chi connectivity index (χ3n) is 4.85. The second-order valence-electron chi connectivity index (χ2n) is 6.93. The smallest absolute Gasteiger partial charge is 0.303 e. The first-order chi connectivity index (χ1) is 14.2. The predicted molar refractivity (Wildman–Crippen MR) is 108 cm³/mol.